The number of sulfonamides is 1. The molecule has 168 valence electrons. The molecule has 0 amide bonds. The van der Waals surface area contributed by atoms with Gasteiger partial charge in [0.2, 0.25) is 0 Å². The van der Waals surface area contributed by atoms with Gasteiger partial charge in [0.1, 0.15) is 21.8 Å². The Kier molecular flexibility index (Phi) is 6.01. The Labute approximate surface area is 185 Å². The first-order valence-electron chi connectivity index (χ1n) is 9.73. The maximum atomic E-state index is 13.0. The number of hydrogen-bond donors (Lipinski definition) is 2. The van der Waals surface area contributed by atoms with E-state index in [1.165, 1.54) is 20.3 Å². The Morgan fingerprint density at radius 1 is 1.09 bits per heavy atom. The lowest BCUT2D eigenvalue weighted by Gasteiger charge is -2.11. The van der Waals surface area contributed by atoms with Crippen molar-refractivity contribution in [1.82, 2.24) is 20.3 Å². The molecule has 2 heterocycles. The van der Waals surface area contributed by atoms with Crippen LogP contribution in [0, 0.1) is 0 Å². The van der Waals surface area contributed by atoms with Gasteiger partial charge in [0.15, 0.2) is 11.4 Å². The number of benzene rings is 2. The standard InChI is InChI=1S/C21H23N5O5S/c1-22-10-15-11-23-26(13-15)12-14-8-17(30-3)20-18(9-14)31-24-21(20)25-32(27,28)19-7-5-4-6-16(19)29-2/h4-9,11,13,22H,10,12H2,1-3H3,(H,24,25). The van der Waals surface area contributed by atoms with Gasteiger partial charge < -0.3 is 19.3 Å². The number of aromatic nitrogens is 3. The van der Waals surface area contributed by atoms with Crippen LogP contribution in [0.3, 0.4) is 0 Å². The number of ether oxygens (including phenoxy) is 2. The third-order valence-electron chi connectivity index (χ3n) is 4.82. The van der Waals surface area contributed by atoms with Crippen molar-refractivity contribution in [3.05, 3.63) is 59.9 Å². The Balaban J connectivity index is 1.67. The predicted molar refractivity (Wildman–Crippen MR) is 118 cm³/mol. The van der Waals surface area contributed by atoms with Gasteiger partial charge in [-0.3, -0.25) is 9.40 Å². The molecule has 10 nitrogen and oxygen atoms in total. The van der Waals surface area contributed by atoms with E-state index in [0.717, 1.165) is 17.7 Å². The summed E-state index contributed by atoms with van der Waals surface area (Å²) in [5.41, 5.74) is 2.32. The lowest BCUT2D eigenvalue weighted by atomic mass is 10.1. The fraction of sp³-hybridized carbons (Fsp3) is 0.238. The van der Waals surface area contributed by atoms with Crippen molar-refractivity contribution in [2.24, 2.45) is 0 Å². The van der Waals surface area contributed by atoms with Crippen LogP contribution in [0.1, 0.15) is 11.1 Å². The molecule has 2 N–H and O–H groups in total. The molecular formula is C21H23N5O5S. The van der Waals surface area contributed by atoms with E-state index in [9.17, 15) is 8.42 Å². The van der Waals surface area contributed by atoms with Crippen LogP contribution in [-0.4, -0.2) is 44.6 Å². The molecule has 0 atom stereocenters. The maximum Gasteiger partial charge on any atom is 0.266 e. The van der Waals surface area contributed by atoms with Crippen molar-refractivity contribution in [2.75, 3.05) is 26.0 Å². The summed E-state index contributed by atoms with van der Waals surface area (Å²) in [5.74, 6) is 0.683. The average Bonchev–Trinajstić information content (AvgIpc) is 3.40. The second-order valence-corrected chi connectivity index (χ2v) is 8.69. The highest BCUT2D eigenvalue weighted by atomic mass is 32.2. The highest BCUT2D eigenvalue weighted by molar-refractivity contribution is 7.92. The first-order valence-corrected chi connectivity index (χ1v) is 11.2. The van der Waals surface area contributed by atoms with Crippen molar-refractivity contribution in [1.29, 1.82) is 0 Å². The van der Waals surface area contributed by atoms with Gasteiger partial charge in [-0.2, -0.15) is 5.10 Å². The minimum Gasteiger partial charge on any atom is -0.496 e. The third-order valence-corrected chi connectivity index (χ3v) is 6.20. The summed E-state index contributed by atoms with van der Waals surface area (Å²) in [7, 11) is 0.809. The van der Waals surface area contributed by atoms with Crippen LogP contribution in [0.5, 0.6) is 11.5 Å². The fourth-order valence-corrected chi connectivity index (χ4v) is 4.59. The van der Waals surface area contributed by atoms with Gasteiger partial charge in [0.25, 0.3) is 10.0 Å². The minimum atomic E-state index is -3.98. The number of nitrogens with one attached hydrogen (secondary N) is 2. The van der Waals surface area contributed by atoms with E-state index in [0.29, 0.717) is 23.3 Å². The van der Waals surface area contributed by atoms with E-state index in [2.05, 4.69) is 20.3 Å². The Hall–Kier alpha value is -3.57. The van der Waals surface area contributed by atoms with Gasteiger partial charge in [-0.05, 0) is 36.9 Å². The Morgan fingerprint density at radius 3 is 2.62 bits per heavy atom. The quantitative estimate of drug-likeness (QED) is 0.394. The highest BCUT2D eigenvalue weighted by Crippen LogP contribution is 2.35. The Bertz CT molecular complexity index is 1350. The lowest BCUT2D eigenvalue weighted by molar-refractivity contribution is 0.403. The van der Waals surface area contributed by atoms with Crippen LogP contribution in [-0.2, 0) is 23.1 Å². The van der Waals surface area contributed by atoms with Gasteiger partial charge in [-0.1, -0.05) is 17.3 Å². The zero-order valence-electron chi connectivity index (χ0n) is 17.8. The summed E-state index contributed by atoms with van der Waals surface area (Å²) in [4.78, 5) is -0.00899. The topological polar surface area (TPSA) is 121 Å². The molecule has 0 spiro atoms. The number of hydrogen-bond acceptors (Lipinski definition) is 8. The molecule has 0 unspecified atom stereocenters. The molecule has 0 aliphatic heterocycles. The number of methoxy groups -OCH3 is 2. The van der Waals surface area contributed by atoms with Gasteiger partial charge in [-0.15, -0.1) is 0 Å². The van der Waals surface area contributed by atoms with Crippen LogP contribution in [0.25, 0.3) is 11.0 Å². The van der Waals surface area contributed by atoms with E-state index >= 15 is 0 Å². The van der Waals surface area contributed by atoms with Crippen LogP contribution >= 0.6 is 0 Å². The van der Waals surface area contributed by atoms with E-state index in [1.54, 1.807) is 41.2 Å². The first kappa shape index (κ1) is 21.7. The van der Waals surface area contributed by atoms with Crippen molar-refractivity contribution in [3.63, 3.8) is 0 Å². The summed E-state index contributed by atoms with van der Waals surface area (Å²) >= 11 is 0. The monoisotopic (exact) mass is 457 g/mol. The lowest BCUT2D eigenvalue weighted by Crippen LogP contribution is -2.14. The zero-order chi connectivity index (χ0) is 22.7. The molecule has 0 radical (unpaired) electrons. The molecule has 0 fully saturated rings. The average molecular weight is 458 g/mol. The number of anilines is 1. The molecule has 0 aliphatic carbocycles. The predicted octanol–water partition coefficient (Wildman–Crippen LogP) is 2.61. The van der Waals surface area contributed by atoms with E-state index in [1.807, 2.05) is 13.2 Å². The largest absolute Gasteiger partial charge is 0.496 e. The second kappa shape index (κ2) is 8.89. The normalized spacial score (nSPS) is 11.6. The Morgan fingerprint density at radius 2 is 1.88 bits per heavy atom. The zero-order valence-corrected chi connectivity index (χ0v) is 18.6. The van der Waals surface area contributed by atoms with Gasteiger partial charge >= 0.3 is 0 Å². The summed E-state index contributed by atoms with van der Waals surface area (Å²) in [6.45, 7) is 1.21. The van der Waals surface area contributed by atoms with Crippen LogP contribution in [0.2, 0.25) is 0 Å². The van der Waals surface area contributed by atoms with Gasteiger partial charge in [0, 0.05) is 18.3 Å². The third kappa shape index (κ3) is 4.25. The number of fused-ring (bicyclic) bond motifs is 1. The van der Waals surface area contributed by atoms with Crippen LogP contribution < -0.4 is 19.5 Å². The van der Waals surface area contributed by atoms with E-state index in [-0.39, 0.29) is 16.5 Å². The molecule has 4 rings (SSSR count). The SMILES string of the molecule is CNCc1cnn(Cc2cc(OC)c3c(NS(=O)(=O)c4ccccc4OC)noc3c2)c1. The summed E-state index contributed by atoms with van der Waals surface area (Å²) < 4.78 is 46.3. The molecule has 0 aliphatic rings. The molecule has 0 saturated carbocycles. The smallest absolute Gasteiger partial charge is 0.266 e. The molecule has 2 aromatic carbocycles. The maximum absolute atomic E-state index is 13.0. The molecular weight excluding hydrogens is 434 g/mol. The molecule has 32 heavy (non-hydrogen) atoms. The van der Waals surface area contributed by atoms with Gasteiger partial charge in [0.05, 0.1) is 27.0 Å². The summed E-state index contributed by atoms with van der Waals surface area (Å²) in [6, 6.07) is 9.91. The molecule has 0 saturated heterocycles. The van der Waals surface area contributed by atoms with Crippen LogP contribution in [0.15, 0.2) is 58.2 Å². The molecule has 4 aromatic rings. The summed E-state index contributed by atoms with van der Waals surface area (Å²) in [5, 5.41) is 11.8. The number of rotatable bonds is 9. The highest BCUT2D eigenvalue weighted by Gasteiger charge is 2.24. The van der Waals surface area contributed by atoms with Crippen molar-refractivity contribution < 1.29 is 22.4 Å². The van der Waals surface area contributed by atoms with Crippen LogP contribution in [0.4, 0.5) is 5.82 Å². The molecule has 11 heteroatoms. The van der Waals surface area contributed by atoms with E-state index in [4.69, 9.17) is 14.0 Å². The number of para-hydroxylation sites is 1. The first-order chi connectivity index (χ1) is 15.4. The summed E-state index contributed by atoms with van der Waals surface area (Å²) in [6.07, 6.45) is 3.74. The second-order valence-electron chi connectivity index (χ2n) is 7.04. The van der Waals surface area contributed by atoms with Crippen molar-refractivity contribution >= 4 is 26.8 Å². The molecule has 0 bridgehead atoms. The van der Waals surface area contributed by atoms with Crippen molar-refractivity contribution in [2.45, 2.75) is 18.0 Å². The number of nitrogens with zero attached hydrogens (tertiary/aromatic N) is 3. The molecule has 2 aromatic heterocycles. The fourth-order valence-electron chi connectivity index (χ4n) is 3.41. The minimum absolute atomic E-state index is 0.00899. The van der Waals surface area contributed by atoms with E-state index < -0.39 is 10.0 Å². The van der Waals surface area contributed by atoms with Gasteiger partial charge in [-0.25, -0.2) is 8.42 Å². The van der Waals surface area contributed by atoms with Crippen molar-refractivity contribution in [3.8, 4) is 11.5 Å².